The van der Waals surface area contributed by atoms with Gasteiger partial charge in [0.2, 0.25) is 0 Å². The van der Waals surface area contributed by atoms with E-state index in [1.165, 1.54) is 25.6 Å². The second-order valence-corrected chi connectivity index (χ2v) is 4.87. The van der Waals surface area contributed by atoms with Crippen LogP contribution in [0.3, 0.4) is 0 Å². The summed E-state index contributed by atoms with van der Waals surface area (Å²) in [6.45, 7) is 0. The maximum absolute atomic E-state index is 12.5. The summed E-state index contributed by atoms with van der Waals surface area (Å²) in [5.74, 6) is 0.726. The molecular formula is C14H15NO3S. The normalized spacial score (nSPS) is 11.9. The molecule has 1 aromatic carbocycles. The first kappa shape index (κ1) is 13.6. The van der Waals surface area contributed by atoms with Gasteiger partial charge in [-0.15, -0.1) is 11.3 Å². The number of ether oxygens (including phenoxy) is 2. The van der Waals surface area contributed by atoms with Crippen molar-refractivity contribution in [3.05, 3.63) is 46.2 Å². The Morgan fingerprint density at radius 2 is 1.79 bits per heavy atom. The summed E-state index contributed by atoms with van der Waals surface area (Å²) in [4.78, 5) is 13.3. The smallest absolute Gasteiger partial charge is 0.192 e. The second-order valence-electron chi connectivity index (χ2n) is 3.89. The van der Waals surface area contributed by atoms with Gasteiger partial charge in [0.25, 0.3) is 0 Å². The summed E-state index contributed by atoms with van der Waals surface area (Å²) in [7, 11) is 3.03. The molecule has 5 heteroatoms. The minimum absolute atomic E-state index is 0.211. The highest BCUT2D eigenvalue weighted by Crippen LogP contribution is 2.32. The van der Waals surface area contributed by atoms with Crippen LogP contribution in [-0.2, 0) is 0 Å². The summed E-state index contributed by atoms with van der Waals surface area (Å²) in [6.07, 6.45) is 0. The van der Waals surface area contributed by atoms with Crippen LogP contribution in [-0.4, -0.2) is 20.0 Å². The number of hydrogen-bond donors (Lipinski definition) is 1. The summed E-state index contributed by atoms with van der Waals surface area (Å²) in [6, 6.07) is 8.21. The van der Waals surface area contributed by atoms with Crippen LogP contribution in [0.15, 0.2) is 35.7 Å². The van der Waals surface area contributed by atoms with Crippen LogP contribution in [0.25, 0.3) is 0 Å². The van der Waals surface area contributed by atoms with Crippen LogP contribution in [0, 0.1) is 0 Å². The van der Waals surface area contributed by atoms with E-state index in [9.17, 15) is 4.79 Å². The van der Waals surface area contributed by atoms with E-state index in [0.717, 1.165) is 4.88 Å². The summed E-state index contributed by atoms with van der Waals surface area (Å²) >= 11 is 1.45. The van der Waals surface area contributed by atoms with E-state index >= 15 is 0 Å². The third kappa shape index (κ3) is 2.62. The number of hydrogen-bond acceptors (Lipinski definition) is 5. The highest BCUT2D eigenvalue weighted by Gasteiger charge is 2.25. The van der Waals surface area contributed by atoms with E-state index in [2.05, 4.69) is 0 Å². The molecule has 1 heterocycles. The van der Waals surface area contributed by atoms with E-state index in [0.29, 0.717) is 17.1 Å². The quantitative estimate of drug-likeness (QED) is 0.853. The average molecular weight is 277 g/mol. The Labute approximate surface area is 115 Å². The first-order valence-electron chi connectivity index (χ1n) is 5.73. The van der Waals surface area contributed by atoms with Crippen LogP contribution < -0.4 is 15.2 Å². The molecule has 1 atom stereocenters. The molecule has 4 nitrogen and oxygen atoms in total. The first-order valence-corrected chi connectivity index (χ1v) is 6.61. The number of rotatable bonds is 5. The lowest BCUT2D eigenvalue weighted by Gasteiger charge is -2.15. The lowest BCUT2D eigenvalue weighted by atomic mass is 10.0. The van der Waals surface area contributed by atoms with Gasteiger partial charge in [-0.1, -0.05) is 12.1 Å². The number of thiophene rings is 1. The molecular weight excluding hydrogens is 262 g/mol. The van der Waals surface area contributed by atoms with Crippen molar-refractivity contribution in [3.63, 3.8) is 0 Å². The number of Topliss-reactive ketones (excluding diaryl/α,β-unsaturated/α-hetero) is 1. The zero-order valence-electron chi connectivity index (χ0n) is 10.8. The zero-order chi connectivity index (χ0) is 13.8. The van der Waals surface area contributed by atoms with E-state index in [1.54, 1.807) is 18.2 Å². The van der Waals surface area contributed by atoms with Gasteiger partial charge in [0.15, 0.2) is 5.78 Å². The van der Waals surface area contributed by atoms with Crippen molar-refractivity contribution in [2.24, 2.45) is 5.73 Å². The maximum Gasteiger partial charge on any atom is 0.192 e. The van der Waals surface area contributed by atoms with Crippen molar-refractivity contribution < 1.29 is 14.3 Å². The molecule has 0 spiro atoms. The van der Waals surface area contributed by atoms with Gasteiger partial charge in [0, 0.05) is 4.88 Å². The van der Waals surface area contributed by atoms with Crippen molar-refractivity contribution in [1.82, 2.24) is 0 Å². The Morgan fingerprint density at radius 1 is 1.16 bits per heavy atom. The van der Waals surface area contributed by atoms with Gasteiger partial charge in [-0.05, 0) is 23.6 Å². The molecule has 0 radical (unpaired) electrons. The standard InChI is InChI=1S/C14H15NO3S/c1-17-9-5-3-6-10(18-2)12(9)14(16)13(15)11-7-4-8-19-11/h3-8,13H,15H2,1-2H3. The van der Waals surface area contributed by atoms with Gasteiger partial charge >= 0.3 is 0 Å². The third-order valence-electron chi connectivity index (χ3n) is 2.81. The fourth-order valence-corrected chi connectivity index (χ4v) is 2.57. The van der Waals surface area contributed by atoms with Crippen molar-refractivity contribution >= 4 is 17.1 Å². The molecule has 0 aliphatic rings. The molecule has 19 heavy (non-hydrogen) atoms. The number of nitrogens with two attached hydrogens (primary N) is 1. The summed E-state index contributed by atoms with van der Waals surface area (Å²) in [5, 5.41) is 1.89. The highest BCUT2D eigenvalue weighted by atomic mass is 32.1. The van der Waals surface area contributed by atoms with Crippen LogP contribution in [0.4, 0.5) is 0 Å². The van der Waals surface area contributed by atoms with E-state index in [4.69, 9.17) is 15.2 Å². The number of benzene rings is 1. The summed E-state index contributed by atoms with van der Waals surface area (Å²) < 4.78 is 10.4. The molecule has 2 rings (SSSR count). The fourth-order valence-electron chi connectivity index (χ4n) is 1.85. The van der Waals surface area contributed by atoms with E-state index < -0.39 is 6.04 Å². The SMILES string of the molecule is COc1cccc(OC)c1C(=O)C(N)c1cccs1. The predicted octanol–water partition coefficient (Wildman–Crippen LogP) is 2.65. The molecule has 0 amide bonds. The fraction of sp³-hybridized carbons (Fsp3) is 0.214. The Hall–Kier alpha value is -1.85. The van der Waals surface area contributed by atoms with Gasteiger partial charge < -0.3 is 15.2 Å². The Bertz CT molecular complexity index is 544. The largest absolute Gasteiger partial charge is 0.496 e. The Morgan fingerprint density at radius 3 is 2.26 bits per heavy atom. The monoisotopic (exact) mass is 277 g/mol. The third-order valence-corrected chi connectivity index (χ3v) is 3.76. The molecule has 1 aromatic heterocycles. The molecule has 100 valence electrons. The average Bonchev–Trinajstić information content (AvgIpc) is 2.98. The van der Waals surface area contributed by atoms with Gasteiger partial charge in [-0.3, -0.25) is 4.79 Å². The minimum atomic E-state index is -0.704. The Kier molecular flexibility index (Phi) is 4.19. The second kappa shape index (κ2) is 5.86. The molecule has 0 fully saturated rings. The molecule has 0 aliphatic heterocycles. The Balaban J connectivity index is 2.43. The van der Waals surface area contributed by atoms with E-state index in [-0.39, 0.29) is 5.78 Å². The molecule has 0 bridgehead atoms. The number of ketones is 1. The molecule has 0 saturated heterocycles. The maximum atomic E-state index is 12.5. The number of carbonyl (C=O) groups is 1. The van der Waals surface area contributed by atoms with Crippen LogP contribution in [0.2, 0.25) is 0 Å². The molecule has 1 unspecified atom stereocenters. The molecule has 0 saturated carbocycles. The first-order chi connectivity index (χ1) is 9.19. The van der Waals surface area contributed by atoms with Crippen molar-refractivity contribution in [2.75, 3.05) is 14.2 Å². The zero-order valence-corrected chi connectivity index (χ0v) is 11.6. The van der Waals surface area contributed by atoms with Gasteiger partial charge in [-0.25, -0.2) is 0 Å². The molecule has 2 aromatic rings. The van der Waals surface area contributed by atoms with E-state index in [1.807, 2.05) is 17.5 Å². The molecule has 2 N–H and O–H groups in total. The van der Waals surface area contributed by atoms with Crippen molar-refractivity contribution in [2.45, 2.75) is 6.04 Å². The van der Waals surface area contributed by atoms with Crippen LogP contribution in [0.5, 0.6) is 11.5 Å². The van der Waals surface area contributed by atoms with Crippen LogP contribution in [0.1, 0.15) is 21.3 Å². The number of carbonyl (C=O) groups excluding carboxylic acids is 1. The van der Waals surface area contributed by atoms with Crippen molar-refractivity contribution in [1.29, 1.82) is 0 Å². The lowest BCUT2D eigenvalue weighted by Crippen LogP contribution is -2.21. The predicted molar refractivity (Wildman–Crippen MR) is 75.1 cm³/mol. The minimum Gasteiger partial charge on any atom is -0.496 e. The van der Waals surface area contributed by atoms with Gasteiger partial charge in [0.05, 0.1) is 14.2 Å². The lowest BCUT2D eigenvalue weighted by molar-refractivity contribution is 0.0956. The van der Waals surface area contributed by atoms with Gasteiger partial charge in [0.1, 0.15) is 23.1 Å². The van der Waals surface area contributed by atoms with Gasteiger partial charge in [-0.2, -0.15) is 0 Å². The number of methoxy groups -OCH3 is 2. The molecule has 0 aliphatic carbocycles. The summed E-state index contributed by atoms with van der Waals surface area (Å²) in [5.41, 5.74) is 6.39. The topological polar surface area (TPSA) is 61.5 Å². The highest BCUT2D eigenvalue weighted by molar-refractivity contribution is 7.10. The van der Waals surface area contributed by atoms with Crippen LogP contribution >= 0.6 is 11.3 Å². The van der Waals surface area contributed by atoms with Crippen molar-refractivity contribution in [3.8, 4) is 11.5 Å².